The van der Waals surface area contributed by atoms with Crippen LogP contribution in [0.1, 0.15) is 21.7 Å². The van der Waals surface area contributed by atoms with Crippen molar-refractivity contribution in [3.05, 3.63) is 29.2 Å². The average molecular weight is 191 g/mol. The molecular formula is C9H9N3O2. The van der Waals surface area contributed by atoms with Gasteiger partial charge in [-0.2, -0.15) is 0 Å². The second-order valence-corrected chi connectivity index (χ2v) is 3.15. The van der Waals surface area contributed by atoms with Gasteiger partial charge in [-0.1, -0.05) is 0 Å². The molecule has 5 nitrogen and oxygen atoms in total. The molecule has 14 heavy (non-hydrogen) atoms. The van der Waals surface area contributed by atoms with Crippen LogP contribution in [0.25, 0.3) is 5.65 Å². The monoisotopic (exact) mass is 191 g/mol. The van der Waals surface area contributed by atoms with E-state index in [9.17, 15) is 4.79 Å². The van der Waals surface area contributed by atoms with Gasteiger partial charge in [-0.25, -0.2) is 4.79 Å². The number of carboxylic acids is 1. The molecule has 0 aliphatic heterocycles. The van der Waals surface area contributed by atoms with Gasteiger partial charge in [0.25, 0.3) is 0 Å². The molecule has 0 spiro atoms. The molecule has 0 unspecified atom stereocenters. The summed E-state index contributed by atoms with van der Waals surface area (Å²) in [5.41, 5.74) is 1.64. The molecule has 0 fully saturated rings. The highest BCUT2D eigenvalue weighted by atomic mass is 16.4. The van der Waals surface area contributed by atoms with Gasteiger partial charge in [-0.05, 0) is 25.5 Å². The highest BCUT2D eigenvalue weighted by Crippen LogP contribution is 2.11. The van der Waals surface area contributed by atoms with E-state index in [1.807, 2.05) is 0 Å². The number of aromatic nitrogens is 3. The van der Waals surface area contributed by atoms with E-state index in [1.54, 1.807) is 30.5 Å². The SMILES string of the molecule is Cc1cc2nnc(C)n2cc1C(=O)O. The lowest BCUT2D eigenvalue weighted by molar-refractivity contribution is 0.0695. The van der Waals surface area contributed by atoms with Crippen molar-refractivity contribution in [2.75, 3.05) is 0 Å². The topological polar surface area (TPSA) is 67.5 Å². The number of aryl methyl sites for hydroxylation is 2. The van der Waals surface area contributed by atoms with Crippen LogP contribution >= 0.6 is 0 Å². The Labute approximate surface area is 80.0 Å². The van der Waals surface area contributed by atoms with Gasteiger partial charge in [0.1, 0.15) is 5.82 Å². The number of nitrogens with zero attached hydrogens (tertiary/aromatic N) is 3. The number of carbonyl (C=O) groups is 1. The minimum atomic E-state index is -0.933. The number of pyridine rings is 1. The maximum absolute atomic E-state index is 10.8. The van der Waals surface area contributed by atoms with Crippen LogP contribution in [0.15, 0.2) is 12.3 Å². The lowest BCUT2D eigenvalue weighted by Crippen LogP contribution is -2.02. The van der Waals surface area contributed by atoms with Gasteiger partial charge in [-0.3, -0.25) is 4.40 Å². The van der Waals surface area contributed by atoms with Crippen LogP contribution in [0.2, 0.25) is 0 Å². The van der Waals surface area contributed by atoms with Gasteiger partial charge < -0.3 is 5.11 Å². The van der Waals surface area contributed by atoms with E-state index < -0.39 is 5.97 Å². The lowest BCUT2D eigenvalue weighted by Gasteiger charge is -2.01. The van der Waals surface area contributed by atoms with Crippen LogP contribution in [-0.4, -0.2) is 25.7 Å². The van der Waals surface area contributed by atoms with E-state index >= 15 is 0 Å². The number of carboxylic acid groups (broad SMARTS) is 1. The standard InChI is InChI=1S/C9H9N3O2/c1-5-3-8-11-10-6(2)12(8)4-7(5)9(13)14/h3-4H,1-2H3,(H,13,14). The van der Waals surface area contributed by atoms with Gasteiger partial charge in [0.05, 0.1) is 5.56 Å². The number of fused-ring (bicyclic) bond motifs is 1. The fraction of sp³-hybridized carbons (Fsp3) is 0.222. The van der Waals surface area contributed by atoms with Gasteiger partial charge in [0.15, 0.2) is 5.65 Å². The molecule has 0 amide bonds. The molecule has 0 aliphatic rings. The van der Waals surface area contributed by atoms with Crippen molar-refractivity contribution in [3.63, 3.8) is 0 Å². The molecule has 72 valence electrons. The Hall–Kier alpha value is -1.91. The quantitative estimate of drug-likeness (QED) is 0.731. The molecule has 0 bridgehead atoms. The molecule has 2 aromatic heterocycles. The number of aromatic carboxylic acids is 1. The second kappa shape index (κ2) is 2.80. The highest BCUT2D eigenvalue weighted by molar-refractivity contribution is 5.89. The van der Waals surface area contributed by atoms with Crippen molar-refractivity contribution in [1.82, 2.24) is 14.6 Å². The summed E-state index contributed by atoms with van der Waals surface area (Å²) in [5.74, 6) is -0.250. The molecular weight excluding hydrogens is 182 g/mol. The van der Waals surface area contributed by atoms with Crippen molar-refractivity contribution in [2.24, 2.45) is 0 Å². The molecule has 0 radical (unpaired) electrons. The number of hydrogen-bond acceptors (Lipinski definition) is 3. The van der Waals surface area contributed by atoms with Gasteiger partial charge in [-0.15, -0.1) is 10.2 Å². The Morgan fingerprint density at radius 2 is 2.14 bits per heavy atom. The summed E-state index contributed by atoms with van der Waals surface area (Å²) >= 11 is 0. The van der Waals surface area contributed by atoms with E-state index in [1.165, 1.54) is 0 Å². The minimum Gasteiger partial charge on any atom is -0.478 e. The lowest BCUT2D eigenvalue weighted by atomic mass is 10.1. The fourth-order valence-corrected chi connectivity index (χ4v) is 1.37. The van der Waals surface area contributed by atoms with Gasteiger partial charge >= 0.3 is 5.97 Å². The summed E-state index contributed by atoms with van der Waals surface area (Å²) in [6.45, 7) is 3.52. The van der Waals surface area contributed by atoms with E-state index in [0.717, 1.165) is 0 Å². The molecule has 0 aromatic carbocycles. The van der Waals surface area contributed by atoms with Crippen LogP contribution in [0, 0.1) is 13.8 Å². The van der Waals surface area contributed by atoms with E-state index in [2.05, 4.69) is 10.2 Å². The molecule has 1 N–H and O–H groups in total. The zero-order valence-corrected chi connectivity index (χ0v) is 7.85. The van der Waals surface area contributed by atoms with Crippen molar-refractivity contribution in [1.29, 1.82) is 0 Å². The molecule has 0 aliphatic carbocycles. The van der Waals surface area contributed by atoms with Gasteiger partial charge in [0.2, 0.25) is 0 Å². The first-order chi connectivity index (χ1) is 6.59. The summed E-state index contributed by atoms with van der Waals surface area (Å²) in [5, 5.41) is 16.7. The number of hydrogen-bond donors (Lipinski definition) is 1. The third kappa shape index (κ3) is 1.14. The van der Waals surface area contributed by atoms with Crippen molar-refractivity contribution >= 4 is 11.6 Å². The molecule has 2 heterocycles. The predicted molar refractivity (Wildman–Crippen MR) is 49.4 cm³/mol. The second-order valence-electron chi connectivity index (χ2n) is 3.15. The smallest absolute Gasteiger partial charge is 0.337 e. The first-order valence-corrected chi connectivity index (χ1v) is 4.15. The highest BCUT2D eigenvalue weighted by Gasteiger charge is 2.10. The molecule has 2 rings (SSSR count). The summed E-state index contributed by atoms with van der Waals surface area (Å²) in [6, 6.07) is 1.71. The normalized spacial score (nSPS) is 10.7. The van der Waals surface area contributed by atoms with Crippen LogP contribution in [0.5, 0.6) is 0 Å². The molecule has 0 saturated heterocycles. The molecule has 0 saturated carbocycles. The molecule has 5 heteroatoms. The Morgan fingerprint density at radius 3 is 2.79 bits per heavy atom. The third-order valence-corrected chi connectivity index (χ3v) is 2.15. The number of rotatable bonds is 1. The maximum atomic E-state index is 10.8. The third-order valence-electron chi connectivity index (χ3n) is 2.15. The predicted octanol–water partition coefficient (Wildman–Crippen LogP) is 1.04. The zero-order valence-electron chi connectivity index (χ0n) is 7.85. The van der Waals surface area contributed by atoms with Crippen molar-refractivity contribution in [3.8, 4) is 0 Å². The molecule has 2 aromatic rings. The van der Waals surface area contributed by atoms with Crippen molar-refractivity contribution < 1.29 is 9.90 Å². The maximum Gasteiger partial charge on any atom is 0.337 e. The summed E-state index contributed by atoms with van der Waals surface area (Å²) in [6.07, 6.45) is 1.54. The fourth-order valence-electron chi connectivity index (χ4n) is 1.37. The summed E-state index contributed by atoms with van der Waals surface area (Å²) in [4.78, 5) is 10.8. The van der Waals surface area contributed by atoms with Crippen LogP contribution in [-0.2, 0) is 0 Å². The minimum absolute atomic E-state index is 0.278. The summed E-state index contributed by atoms with van der Waals surface area (Å²) < 4.78 is 1.66. The van der Waals surface area contributed by atoms with E-state index in [4.69, 9.17) is 5.11 Å². The van der Waals surface area contributed by atoms with Gasteiger partial charge in [0, 0.05) is 6.20 Å². The van der Waals surface area contributed by atoms with Crippen LogP contribution < -0.4 is 0 Å². The Kier molecular flexibility index (Phi) is 1.73. The average Bonchev–Trinajstić information content (AvgIpc) is 2.46. The Morgan fingerprint density at radius 1 is 1.43 bits per heavy atom. The summed E-state index contributed by atoms with van der Waals surface area (Å²) in [7, 11) is 0. The Balaban J connectivity index is 2.80. The van der Waals surface area contributed by atoms with E-state index in [0.29, 0.717) is 17.0 Å². The van der Waals surface area contributed by atoms with Crippen molar-refractivity contribution in [2.45, 2.75) is 13.8 Å². The Bertz CT molecular complexity index is 516. The zero-order chi connectivity index (χ0) is 10.3. The van der Waals surface area contributed by atoms with E-state index in [-0.39, 0.29) is 5.56 Å². The largest absolute Gasteiger partial charge is 0.478 e. The van der Waals surface area contributed by atoms with Crippen LogP contribution in [0.4, 0.5) is 0 Å². The molecule has 0 atom stereocenters. The first kappa shape index (κ1) is 8.68. The first-order valence-electron chi connectivity index (χ1n) is 4.15. The van der Waals surface area contributed by atoms with Crippen LogP contribution in [0.3, 0.4) is 0 Å².